The zero-order valence-corrected chi connectivity index (χ0v) is 15.2. The molecule has 0 unspecified atom stereocenters. The quantitative estimate of drug-likeness (QED) is 0.805. The molecule has 0 aromatic heterocycles. The van der Waals surface area contributed by atoms with Gasteiger partial charge in [-0.2, -0.15) is 4.99 Å². The van der Waals surface area contributed by atoms with E-state index >= 15 is 0 Å². The van der Waals surface area contributed by atoms with Gasteiger partial charge in [-0.25, -0.2) is 0 Å². The third kappa shape index (κ3) is 4.42. The predicted molar refractivity (Wildman–Crippen MR) is 101 cm³/mol. The zero-order valence-electron chi connectivity index (χ0n) is 14.4. The maximum atomic E-state index is 12.3. The van der Waals surface area contributed by atoms with Gasteiger partial charge in [-0.3, -0.25) is 9.69 Å². The number of thioether (sulfide) groups is 1. The number of benzene rings is 1. The largest absolute Gasteiger partial charge is 0.493 e. The van der Waals surface area contributed by atoms with E-state index in [4.69, 9.17) is 9.84 Å². The topological polar surface area (TPSA) is 65.4 Å². The Bertz CT molecular complexity index is 682. The highest BCUT2D eigenvalue weighted by atomic mass is 32.2. The molecule has 1 aromatic rings. The predicted octanol–water partition coefficient (Wildman–Crippen LogP) is 1.67. The number of carbonyl (C=O) groups is 1. The third-order valence-electron chi connectivity index (χ3n) is 4.17. The summed E-state index contributed by atoms with van der Waals surface area (Å²) >= 11 is 1.43. The summed E-state index contributed by atoms with van der Waals surface area (Å²) in [4.78, 5) is 21.5. The number of hydrogen-bond acceptors (Lipinski definition) is 6. The molecule has 0 radical (unpaired) electrons. The summed E-state index contributed by atoms with van der Waals surface area (Å²) in [7, 11) is 0. The fourth-order valence-electron chi connectivity index (χ4n) is 2.87. The van der Waals surface area contributed by atoms with Crippen LogP contribution in [0.5, 0.6) is 5.75 Å². The van der Waals surface area contributed by atoms with Crippen molar-refractivity contribution in [1.29, 1.82) is 0 Å². The van der Waals surface area contributed by atoms with Crippen molar-refractivity contribution < 1.29 is 14.6 Å². The second-order valence-corrected chi connectivity index (χ2v) is 6.84. The number of para-hydroxylation sites is 1. The molecule has 2 aliphatic heterocycles. The Morgan fingerprint density at radius 3 is 2.76 bits per heavy atom. The van der Waals surface area contributed by atoms with Crippen LogP contribution in [0.15, 0.2) is 34.2 Å². The van der Waals surface area contributed by atoms with Crippen molar-refractivity contribution in [2.75, 3.05) is 45.9 Å². The fraction of sp³-hybridized carbons (Fsp3) is 0.444. The monoisotopic (exact) mass is 361 g/mol. The van der Waals surface area contributed by atoms with Crippen LogP contribution in [0.3, 0.4) is 0 Å². The number of nitrogens with zero attached hydrogens (tertiary/aromatic N) is 3. The molecule has 0 bridgehead atoms. The Hall–Kier alpha value is -1.83. The Morgan fingerprint density at radius 1 is 1.28 bits per heavy atom. The number of aliphatic hydroxyl groups is 1. The van der Waals surface area contributed by atoms with Gasteiger partial charge in [0.2, 0.25) is 0 Å². The highest BCUT2D eigenvalue weighted by Crippen LogP contribution is 2.32. The molecule has 25 heavy (non-hydrogen) atoms. The lowest BCUT2D eigenvalue weighted by atomic mass is 10.2. The van der Waals surface area contributed by atoms with Gasteiger partial charge in [0.05, 0.1) is 18.1 Å². The van der Waals surface area contributed by atoms with Gasteiger partial charge in [0, 0.05) is 38.3 Å². The lowest BCUT2D eigenvalue weighted by Crippen LogP contribution is -2.48. The fourth-order valence-corrected chi connectivity index (χ4v) is 3.82. The summed E-state index contributed by atoms with van der Waals surface area (Å²) < 4.78 is 5.62. The summed E-state index contributed by atoms with van der Waals surface area (Å²) in [6.45, 7) is 6.80. The van der Waals surface area contributed by atoms with Gasteiger partial charge in [-0.1, -0.05) is 18.2 Å². The summed E-state index contributed by atoms with van der Waals surface area (Å²) in [6.07, 6.45) is 1.86. The van der Waals surface area contributed by atoms with E-state index < -0.39 is 0 Å². The maximum absolute atomic E-state index is 12.3. The van der Waals surface area contributed by atoms with Crippen molar-refractivity contribution in [3.8, 4) is 5.75 Å². The minimum Gasteiger partial charge on any atom is -0.493 e. The molecular formula is C18H23N3O3S. The number of β-amino-alcohol motifs (C(OH)–C–C–N with tert-alkyl or cyclic N) is 1. The number of amidine groups is 1. The first-order chi connectivity index (χ1) is 12.2. The zero-order chi connectivity index (χ0) is 17.6. The van der Waals surface area contributed by atoms with Crippen molar-refractivity contribution in [2.24, 2.45) is 4.99 Å². The first-order valence-corrected chi connectivity index (χ1v) is 9.35. The average Bonchev–Trinajstić information content (AvgIpc) is 2.98. The van der Waals surface area contributed by atoms with Crippen LogP contribution in [0.2, 0.25) is 0 Å². The van der Waals surface area contributed by atoms with Crippen LogP contribution in [0.25, 0.3) is 6.08 Å². The van der Waals surface area contributed by atoms with E-state index in [0.717, 1.165) is 42.7 Å². The normalized spacial score (nSPS) is 20.2. The molecular weight excluding hydrogens is 338 g/mol. The number of ether oxygens (including phenoxy) is 1. The number of amides is 1. The van der Waals surface area contributed by atoms with Crippen LogP contribution in [0.1, 0.15) is 12.5 Å². The standard InChI is InChI=1S/C18H23N3O3S/c1-2-24-15-6-4-3-5-14(15)13-16-17(23)19-18(25-16)21-9-7-20(8-10-21)11-12-22/h3-6,13,22H,2,7-12H2,1H3/b16-13-. The molecule has 2 aliphatic rings. The molecule has 3 rings (SSSR count). The summed E-state index contributed by atoms with van der Waals surface area (Å²) in [5.74, 6) is 0.584. The van der Waals surface area contributed by atoms with Gasteiger partial charge in [0.1, 0.15) is 5.75 Å². The number of carbonyl (C=O) groups excluding carboxylic acids is 1. The van der Waals surface area contributed by atoms with E-state index in [1.807, 2.05) is 37.3 Å². The van der Waals surface area contributed by atoms with Gasteiger partial charge in [-0.05, 0) is 30.8 Å². The first-order valence-electron chi connectivity index (χ1n) is 8.54. The lowest BCUT2D eigenvalue weighted by molar-refractivity contribution is -0.113. The van der Waals surface area contributed by atoms with Gasteiger partial charge in [0.15, 0.2) is 5.17 Å². The first kappa shape index (κ1) is 18.0. The van der Waals surface area contributed by atoms with Crippen LogP contribution in [0.4, 0.5) is 0 Å². The average molecular weight is 361 g/mol. The molecule has 7 heteroatoms. The maximum Gasteiger partial charge on any atom is 0.286 e. The molecule has 0 aliphatic carbocycles. The van der Waals surface area contributed by atoms with Gasteiger partial charge in [-0.15, -0.1) is 0 Å². The third-order valence-corrected chi connectivity index (χ3v) is 5.22. The van der Waals surface area contributed by atoms with Crippen LogP contribution >= 0.6 is 11.8 Å². The molecule has 6 nitrogen and oxygen atoms in total. The molecule has 134 valence electrons. The Morgan fingerprint density at radius 2 is 2.04 bits per heavy atom. The van der Waals surface area contributed by atoms with Crippen LogP contribution in [-0.4, -0.2) is 71.9 Å². The van der Waals surface area contributed by atoms with Crippen LogP contribution in [0, 0.1) is 0 Å². The second kappa shape index (κ2) is 8.51. The number of rotatable bonds is 5. The highest BCUT2D eigenvalue weighted by molar-refractivity contribution is 8.18. The van der Waals surface area contributed by atoms with Gasteiger partial charge in [0.25, 0.3) is 5.91 Å². The summed E-state index contributed by atoms with van der Waals surface area (Å²) in [5.41, 5.74) is 0.893. The van der Waals surface area contributed by atoms with Crippen molar-refractivity contribution in [3.63, 3.8) is 0 Å². The smallest absolute Gasteiger partial charge is 0.286 e. The minimum absolute atomic E-state index is 0.181. The molecule has 1 amide bonds. The van der Waals surface area contributed by atoms with Crippen molar-refractivity contribution >= 4 is 28.9 Å². The number of aliphatic imine (C=N–C) groups is 1. The lowest BCUT2D eigenvalue weighted by Gasteiger charge is -2.34. The SMILES string of the molecule is CCOc1ccccc1/C=C1\SC(N2CCN(CCO)CC2)=NC1=O. The van der Waals surface area contributed by atoms with Crippen molar-refractivity contribution in [1.82, 2.24) is 9.80 Å². The molecule has 0 atom stereocenters. The Kier molecular flexibility index (Phi) is 6.12. The second-order valence-electron chi connectivity index (χ2n) is 5.83. The van der Waals surface area contributed by atoms with Crippen LogP contribution in [-0.2, 0) is 4.79 Å². The summed E-state index contributed by atoms with van der Waals surface area (Å²) in [6, 6.07) is 7.70. The van der Waals surface area contributed by atoms with E-state index in [2.05, 4.69) is 14.8 Å². The molecule has 1 aromatic carbocycles. The number of aliphatic hydroxyl groups excluding tert-OH is 1. The number of piperazine rings is 1. The summed E-state index contributed by atoms with van der Waals surface area (Å²) in [5, 5.41) is 9.79. The van der Waals surface area contributed by atoms with E-state index in [9.17, 15) is 4.79 Å². The minimum atomic E-state index is -0.191. The molecule has 1 N–H and O–H groups in total. The van der Waals surface area contributed by atoms with E-state index in [1.165, 1.54) is 11.8 Å². The van der Waals surface area contributed by atoms with E-state index in [-0.39, 0.29) is 12.5 Å². The van der Waals surface area contributed by atoms with Gasteiger partial charge < -0.3 is 14.7 Å². The Labute approximate surface area is 152 Å². The van der Waals surface area contributed by atoms with Gasteiger partial charge >= 0.3 is 0 Å². The van der Waals surface area contributed by atoms with Crippen molar-refractivity contribution in [3.05, 3.63) is 34.7 Å². The van der Waals surface area contributed by atoms with Crippen LogP contribution < -0.4 is 4.74 Å². The molecule has 1 fully saturated rings. The Balaban J connectivity index is 1.67. The highest BCUT2D eigenvalue weighted by Gasteiger charge is 2.28. The van der Waals surface area contributed by atoms with E-state index in [0.29, 0.717) is 18.1 Å². The number of hydrogen-bond donors (Lipinski definition) is 1. The molecule has 1 saturated heterocycles. The van der Waals surface area contributed by atoms with Crippen molar-refractivity contribution in [2.45, 2.75) is 6.92 Å². The molecule has 2 heterocycles. The molecule has 0 spiro atoms. The molecule has 0 saturated carbocycles. The van der Waals surface area contributed by atoms with E-state index in [1.54, 1.807) is 0 Å².